The summed E-state index contributed by atoms with van der Waals surface area (Å²) < 4.78 is 10.7. The second-order valence-corrected chi connectivity index (χ2v) is 7.57. The van der Waals surface area contributed by atoms with Crippen LogP contribution in [-0.4, -0.2) is 41.3 Å². The van der Waals surface area contributed by atoms with Gasteiger partial charge in [0.2, 0.25) is 5.91 Å². The number of nitrogens with two attached hydrogens (primary N) is 1. The van der Waals surface area contributed by atoms with Gasteiger partial charge < -0.3 is 20.3 Å². The number of methoxy groups -OCH3 is 2. The van der Waals surface area contributed by atoms with Crippen molar-refractivity contribution in [3.8, 4) is 10.7 Å². The first-order valence-corrected chi connectivity index (χ1v) is 9.97. The Balaban J connectivity index is 2.13. The molecule has 1 unspecified atom stereocenters. The Morgan fingerprint density at radius 3 is 2.56 bits per heavy atom. The van der Waals surface area contributed by atoms with Gasteiger partial charge >= 0.3 is 0 Å². The summed E-state index contributed by atoms with van der Waals surface area (Å²) in [5.74, 6) is -0.318. The molecular formula is C18H23N3O4S2. The third-order valence-electron chi connectivity index (χ3n) is 3.81. The predicted molar refractivity (Wildman–Crippen MR) is 107 cm³/mol. The third-order valence-corrected chi connectivity index (χ3v) is 5.71. The maximum absolute atomic E-state index is 11.1. The maximum atomic E-state index is 11.1. The van der Waals surface area contributed by atoms with E-state index in [1.165, 1.54) is 35.9 Å². The lowest BCUT2D eigenvalue weighted by molar-refractivity contribution is -0.113. The molecule has 7 nitrogen and oxygen atoms in total. The van der Waals surface area contributed by atoms with Crippen molar-refractivity contribution in [3.05, 3.63) is 39.4 Å². The summed E-state index contributed by atoms with van der Waals surface area (Å²) in [6.07, 6.45) is 4.06. The average Bonchev–Trinajstić information content (AvgIpc) is 3.28. The van der Waals surface area contributed by atoms with E-state index in [2.05, 4.69) is 9.97 Å². The van der Waals surface area contributed by atoms with E-state index in [-0.39, 0.29) is 12.0 Å². The Morgan fingerprint density at radius 1 is 1.26 bits per heavy atom. The van der Waals surface area contributed by atoms with Crippen molar-refractivity contribution < 1.29 is 19.4 Å². The first kappa shape index (κ1) is 21.2. The predicted octanol–water partition coefficient (Wildman–Crippen LogP) is 3.00. The molecule has 3 atom stereocenters. The number of amides is 1. The number of hydrogen-bond acceptors (Lipinski definition) is 8. The summed E-state index contributed by atoms with van der Waals surface area (Å²) in [6, 6.07) is 0. The lowest BCUT2D eigenvalue weighted by Gasteiger charge is -2.21. The number of nitrogens with zero attached hydrogens (tertiary/aromatic N) is 2. The van der Waals surface area contributed by atoms with Crippen molar-refractivity contribution in [1.82, 2.24) is 9.97 Å². The molecule has 0 spiro atoms. The fourth-order valence-corrected chi connectivity index (χ4v) is 3.95. The Bertz CT molecular complexity index is 826. The van der Waals surface area contributed by atoms with Gasteiger partial charge in [-0.05, 0) is 13.0 Å². The topological polar surface area (TPSA) is 108 Å². The van der Waals surface area contributed by atoms with Crippen molar-refractivity contribution >= 4 is 34.7 Å². The van der Waals surface area contributed by atoms with E-state index < -0.39 is 12.0 Å². The molecule has 1 amide bonds. The van der Waals surface area contributed by atoms with Crippen LogP contribution in [0, 0.1) is 5.92 Å². The van der Waals surface area contributed by atoms with Crippen LogP contribution < -0.4 is 5.73 Å². The van der Waals surface area contributed by atoms with E-state index in [4.69, 9.17) is 15.2 Å². The average molecular weight is 410 g/mol. The first-order valence-electron chi connectivity index (χ1n) is 8.21. The largest absolute Gasteiger partial charge is 0.501 e. The van der Waals surface area contributed by atoms with Crippen LogP contribution in [0.3, 0.4) is 0 Å². The number of rotatable bonds is 9. The second kappa shape index (κ2) is 9.75. The van der Waals surface area contributed by atoms with Gasteiger partial charge in [-0.3, -0.25) is 4.79 Å². The molecule has 0 fully saturated rings. The summed E-state index contributed by atoms with van der Waals surface area (Å²) in [4.78, 5) is 20.1. The zero-order valence-corrected chi connectivity index (χ0v) is 17.2. The van der Waals surface area contributed by atoms with Crippen LogP contribution in [0.25, 0.3) is 16.8 Å². The molecule has 2 aromatic heterocycles. The Kier molecular flexibility index (Phi) is 7.66. The summed E-state index contributed by atoms with van der Waals surface area (Å²) in [5, 5.41) is 14.8. The van der Waals surface area contributed by atoms with Crippen LogP contribution >= 0.6 is 22.7 Å². The molecule has 0 saturated heterocycles. The van der Waals surface area contributed by atoms with E-state index in [0.29, 0.717) is 10.8 Å². The number of carbonyl (C=O) groups excluding carboxylic acids is 1. The van der Waals surface area contributed by atoms with Crippen LogP contribution in [0.15, 0.2) is 28.7 Å². The third kappa shape index (κ3) is 5.70. The monoisotopic (exact) mass is 409 g/mol. The Labute approximate surface area is 166 Å². The molecule has 27 heavy (non-hydrogen) atoms. The van der Waals surface area contributed by atoms with Crippen molar-refractivity contribution in [3.63, 3.8) is 0 Å². The SMILES string of the molecule is CO/C(=C/C(N)=O)[C@H](C)[C@H](/C=C/c1csc(-c2csc(C(C)O)n2)n1)OC. The number of hydrogen-bond donors (Lipinski definition) is 2. The summed E-state index contributed by atoms with van der Waals surface area (Å²) >= 11 is 2.88. The van der Waals surface area contributed by atoms with Gasteiger partial charge in [0.05, 0.1) is 18.9 Å². The minimum Gasteiger partial charge on any atom is -0.501 e. The molecule has 0 aliphatic heterocycles. The fourth-order valence-electron chi connectivity index (χ4n) is 2.38. The number of aromatic nitrogens is 2. The minimum atomic E-state index is -0.588. The van der Waals surface area contributed by atoms with E-state index in [1.807, 2.05) is 29.8 Å². The Morgan fingerprint density at radius 2 is 2.00 bits per heavy atom. The molecule has 2 aromatic rings. The van der Waals surface area contributed by atoms with Crippen LogP contribution in [-0.2, 0) is 14.3 Å². The van der Waals surface area contributed by atoms with E-state index in [9.17, 15) is 9.90 Å². The number of primary amides is 1. The summed E-state index contributed by atoms with van der Waals surface area (Å²) in [6.45, 7) is 3.57. The first-order chi connectivity index (χ1) is 12.8. The molecule has 0 aromatic carbocycles. The lowest BCUT2D eigenvalue weighted by atomic mass is 10.0. The minimum absolute atomic E-state index is 0.200. The molecular weight excluding hydrogens is 386 g/mol. The van der Waals surface area contributed by atoms with Crippen molar-refractivity contribution in [2.24, 2.45) is 11.7 Å². The molecule has 0 bridgehead atoms. The highest BCUT2D eigenvalue weighted by Gasteiger charge is 2.20. The molecule has 0 aliphatic rings. The maximum Gasteiger partial charge on any atom is 0.244 e. The van der Waals surface area contributed by atoms with Crippen molar-refractivity contribution in [2.75, 3.05) is 14.2 Å². The number of ether oxygens (including phenoxy) is 2. The van der Waals surface area contributed by atoms with Gasteiger partial charge in [0, 0.05) is 29.9 Å². The van der Waals surface area contributed by atoms with Crippen LogP contribution in [0.5, 0.6) is 0 Å². The lowest BCUT2D eigenvalue weighted by Crippen LogP contribution is -2.22. The molecule has 2 heterocycles. The number of thiazole rings is 2. The molecule has 0 saturated carbocycles. The van der Waals surface area contributed by atoms with Crippen molar-refractivity contribution in [2.45, 2.75) is 26.1 Å². The fraction of sp³-hybridized carbons (Fsp3) is 0.389. The van der Waals surface area contributed by atoms with Crippen LogP contribution in [0.4, 0.5) is 0 Å². The van der Waals surface area contributed by atoms with Gasteiger partial charge in [0.15, 0.2) is 0 Å². The quantitative estimate of drug-likeness (QED) is 0.487. The van der Waals surface area contributed by atoms with Gasteiger partial charge in [-0.15, -0.1) is 22.7 Å². The normalized spacial score (nSPS) is 15.7. The summed E-state index contributed by atoms with van der Waals surface area (Å²) in [5.41, 5.74) is 6.73. The van der Waals surface area contributed by atoms with Crippen LogP contribution in [0.2, 0.25) is 0 Å². The van der Waals surface area contributed by atoms with E-state index in [1.54, 1.807) is 14.0 Å². The van der Waals surface area contributed by atoms with Gasteiger partial charge in [-0.25, -0.2) is 9.97 Å². The van der Waals surface area contributed by atoms with Crippen molar-refractivity contribution in [1.29, 1.82) is 0 Å². The molecule has 3 N–H and O–H groups in total. The van der Waals surface area contributed by atoms with Gasteiger partial charge in [-0.2, -0.15) is 0 Å². The smallest absolute Gasteiger partial charge is 0.244 e. The van der Waals surface area contributed by atoms with E-state index in [0.717, 1.165) is 16.4 Å². The molecule has 9 heteroatoms. The summed E-state index contributed by atoms with van der Waals surface area (Å²) in [7, 11) is 3.08. The van der Waals surface area contributed by atoms with E-state index >= 15 is 0 Å². The van der Waals surface area contributed by atoms with Crippen LogP contribution in [0.1, 0.15) is 30.7 Å². The van der Waals surface area contributed by atoms with Gasteiger partial charge in [0.1, 0.15) is 27.6 Å². The molecule has 0 radical (unpaired) electrons. The standard InChI is InChI=1S/C18H23N3O4S2/c1-10(15(25-4)7-16(19)23)14(24-3)6-5-12-8-26-18(20-12)13-9-27-17(21-13)11(2)22/h5-11,14,22H,1-4H3,(H2,19,23)/b6-5+,15-7+/t10-,11?,14+/m1/s1. The van der Waals surface area contributed by atoms with Gasteiger partial charge in [0.25, 0.3) is 0 Å². The highest BCUT2D eigenvalue weighted by molar-refractivity contribution is 7.14. The number of carbonyl (C=O) groups is 1. The number of aliphatic hydroxyl groups excluding tert-OH is 1. The number of aliphatic hydroxyl groups is 1. The Hall–Kier alpha value is -2.07. The van der Waals surface area contributed by atoms with Gasteiger partial charge in [-0.1, -0.05) is 13.0 Å². The second-order valence-electron chi connectivity index (χ2n) is 5.83. The molecule has 2 rings (SSSR count). The molecule has 146 valence electrons. The molecule has 0 aliphatic carbocycles. The highest BCUT2D eigenvalue weighted by atomic mass is 32.1. The zero-order chi connectivity index (χ0) is 20.0. The zero-order valence-electron chi connectivity index (χ0n) is 15.6. The highest BCUT2D eigenvalue weighted by Crippen LogP contribution is 2.28.